The molecule has 0 bridgehead atoms. The fraction of sp³-hybridized carbons (Fsp3) is 0.143. The van der Waals surface area contributed by atoms with Crippen LogP contribution in [0, 0.1) is 0 Å². The average molecular weight is 357 g/mol. The molecular formula is C21H19N5O. The van der Waals surface area contributed by atoms with Crippen LogP contribution >= 0.6 is 0 Å². The van der Waals surface area contributed by atoms with Crippen LogP contribution < -0.4 is 10.2 Å². The molecule has 5 rings (SSSR count). The molecule has 2 amide bonds. The quantitative estimate of drug-likeness (QED) is 0.566. The fourth-order valence-corrected chi connectivity index (χ4v) is 3.73. The van der Waals surface area contributed by atoms with Crippen molar-refractivity contribution in [3.8, 4) is 11.3 Å². The normalized spacial score (nSPS) is 13.1. The summed E-state index contributed by atoms with van der Waals surface area (Å²) in [7, 11) is 2.04. The van der Waals surface area contributed by atoms with Gasteiger partial charge >= 0.3 is 6.03 Å². The number of nitrogens with one attached hydrogen (secondary N) is 2. The van der Waals surface area contributed by atoms with Crippen LogP contribution in [0.4, 0.5) is 16.2 Å². The zero-order valence-corrected chi connectivity index (χ0v) is 14.9. The molecule has 134 valence electrons. The Morgan fingerprint density at radius 2 is 2.15 bits per heavy atom. The van der Waals surface area contributed by atoms with Crippen molar-refractivity contribution in [3.05, 3.63) is 66.7 Å². The number of benzene rings is 2. The van der Waals surface area contributed by atoms with Gasteiger partial charge in [0.2, 0.25) is 0 Å². The molecule has 0 atom stereocenters. The number of aromatic nitrogens is 3. The second-order valence-corrected chi connectivity index (χ2v) is 6.84. The maximum atomic E-state index is 12.9. The van der Waals surface area contributed by atoms with E-state index in [1.54, 1.807) is 12.5 Å². The highest BCUT2D eigenvalue weighted by atomic mass is 16.2. The summed E-state index contributed by atoms with van der Waals surface area (Å²) in [4.78, 5) is 21.9. The Kier molecular flexibility index (Phi) is 3.50. The van der Waals surface area contributed by atoms with E-state index in [4.69, 9.17) is 0 Å². The standard InChI is InChI=1S/C21H19N5O/c1-25-7-5-15-11-20-16(10-19(15)25)6-8-26(20)21(27)24-17-4-2-3-14(9-17)18-12-22-13-23-18/h2-5,7,9-13H,6,8H2,1H3,(H,22,23)(H,24,27). The van der Waals surface area contributed by atoms with E-state index < -0.39 is 0 Å². The van der Waals surface area contributed by atoms with Crippen molar-refractivity contribution >= 4 is 28.3 Å². The van der Waals surface area contributed by atoms with Gasteiger partial charge < -0.3 is 14.9 Å². The number of H-pyrrole nitrogens is 1. The predicted octanol–water partition coefficient (Wildman–Crippen LogP) is 4.16. The number of imidazole rings is 1. The number of nitrogens with zero attached hydrogens (tertiary/aromatic N) is 3. The minimum absolute atomic E-state index is 0.106. The maximum absolute atomic E-state index is 12.9. The average Bonchev–Trinajstić information content (AvgIpc) is 3.41. The molecular weight excluding hydrogens is 338 g/mol. The Bertz CT molecular complexity index is 1140. The first-order valence-corrected chi connectivity index (χ1v) is 8.94. The molecule has 3 heterocycles. The van der Waals surface area contributed by atoms with Gasteiger partial charge in [-0.2, -0.15) is 0 Å². The highest BCUT2D eigenvalue weighted by molar-refractivity contribution is 6.05. The third kappa shape index (κ3) is 2.66. The molecule has 4 aromatic rings. The molecule has 1 aliphatic heterocycles. The van der Waals surface area contributed by atoms with Gasteiger partial charge in [0.15, 0.2) is 0 Å². The third-order valence-electron chi connectivity index (χ3n) is 5.15. The van der Waals surface area contributed by atoms with Gasteiger partial charge in [0.05, 0.1) is 18.2 Å². The number of hydrogen-bond donors (Lipinski definition) is 2. The molecule has 0 fully saturated rings. The van der Waals surface area contributed by atoms with Crippen LogP contribution in [0.25, 0.3) is 22.2 Å². The SMILES string of the molecule is Cn1ccc2cc3c(cc21)CCN3C(=O)Nc1cccc(-c2cnc[nH]2)c1. The lowest BCUT2D eigenvalue weighted by atomic mass is 10.1. The van der Waals surface area contributed by atoms with Crippen molar-refractivity contribution < 1.29 is 4.79 Å². The van der Waals surface area contributed by atoms with E-state index in [9.17, 15) is 4.79 Å². The molecule has 2 aromatic carbocycles. The number of carbonyl (C=O) groups is 1. The van der Waals surface area contributed by atoms with Gasteiger partial charge in [0.1, 0.15) is 0 Å². The molecule has 6 nitrogen and oxygen atoms in total. The summed E-state index contributed by atoms with van der Waals surface area (Å²) in [5, 5.41) is 4.18. The van der Waals surface area contributed by atoms with Gasteiger partial charge in [-0.1, -0.05) is 12.1 Å². The second-order valence-electron chi connectivity index (χ2n) is 6.84. The van der Waals surface area contributed by atoms with Crippen LogP contribution in [0.2, 0.25) is 0 Å². The second kappa shape index (κ2) is 6.02. The third-order valence-corrected chi connectivity index (χ3v) is 5.15. The van der Waals surface area contributed by atoms with Gasteiger partial charge in [-0.15, -0.1) is 0 Å². The molecule has 0 spiro atoms. The van der Waals surface area contributed by atoms with E-state index in [2.05, 4.69) is 38.1 Å². The van der Waals surface area contributed by atoms with Crippen LogP contribution in [-0.2, 0) is 13.5 Å². The molecule has 27 heavy (non-hydrogen) atoms. The highest BCUT2D eigenvalue weighted by Crippen LogP contribution is 2.33. The number of anilines is 2. The highest BCUT2D eigenvalue weighted by Gasteiger charge is 2.25. The van der Waals surface area contributed by atoms with E-state index in [-0.39, 0.29) is 6.03 Å². The van der Waals surface area contributed by atoms with Crippen molar-refractivity contribution in [2.45, 2.75) is 6.42 Å². The van der Waals surface area contributed by atoms with Gasteiger partial charge in [-0.3, -0.25) is 4.90 Å². The number of carbonyl (C=O) groups excluding carboxylic acids is 1. The van der Waals surface area contributed by atoms with Crippen molar-refractivity contribution in [2.75, 3.05) is 16.8 Å². The minimum Gasteiger partial charge on any atom is -0.351 e. The summed E-state index contributed by atoms with van der Waals surface area (Å²) >= 11 is 0. The lowest BCUT2D eigenvalue weighted by Gasteiger charge is -2.18. The molecule has 0 radical (unpaired) electrons. The van der Waals surface area contributed by atoms with Crippen LogP contribution in [-0.4, -0.2) is 27.1 Å². The van der Waals surface area contributed by atoms with Crippen LogP contribution in [0.15, 0.2) is 61.2 Å². The molecule has 2 N–H and O–H groups in total. The van der Waals surface area contributed by atoms with E-state index in [0.717, 1.165) is 34.4 Å². The Balaban J connectivity index is 1.42. The summed E-state index contributed by atoms with van der Waals surface area (Å²) in [6.07, 6.45) is 6.33. The van der Waals surface area contributed by atoms with E-state index in [1.165, 1.54) is 11.1 Å². The van der Waals surface area contributed by atoms with Gasteiger partial charge in [-0.05, 0) is 42.3 Å². The van der Waals surface area contributed by atoms with E-state index in [1.807, 2.05) is 42.4 Å². The van der Waals surface area contributed by atoms with Gasteiger partial charge in [0.25, 0.3) is 0 Å². The summed E-state index contributed by atoms with van der Waals surface area (Å²) in [6, 6.07) is 14.0. The Labute approximate surface area is 156 Å². The molecule has 0 unspecified atom stereocenters. The summed E-state index contributed by atoms with van der Waals surface area (Å²) < 4.78 is 2.11. The van der Waals surface area contributed by atoms with Crippen molar-refractivity contribution in [1.29, 1.82) is 0 Å². The molecule has 2 aromatic heterocycles. The molecule has 0 saturated heterocycles. The van der Waals surface area contributed by atoms with Crippen LogP contribution in [0.1, 0.15) is 5.56 Å². The number of aryl methyl sites for hydroxylation is 1. The summed E-state index contributed by atoms with van der Waals surface area (Å²) in [6.45, 7) is 0.692. The van der Waals surface area contributed by atoms with Crippen LogP contribution in [0.5, 0.6) is 0 Å². The fourth-order valence-electron chi connectivity index (χ4n) is 3.73. The number of amides is 2. The first-order valence-electron chi connectivity index (χ1n) is 8.94. The number of aromatic amines is 1. The Hall–Kier alpha value is -3.54. The number of urea groups is 1. The Morgan fingerprint density at radius 3 is 3.00 bits per heavy atom. The Morgan fingerprint density at radius 1 is 1.22 bits per heavy atom. The largest absolute Gasteiger partial charge is 0.351 e. The zero-order valence-electron chi connectivity index (χ0n) is 14.9. The molecule has 1 aliphatic rings. The van der Waals surface area contributed by atoms with Gasteiger partial charge in [-0.25, -0.2) is 9.78 Å². The maximum Gasteiger partial charge on any atom is 0.326 e. The monoisotopic (exact) mass is 357 g/mol. The smallest absolute Gasteiger partial charge is 0.326 e. The molecule has 0 aliphatic carbocycles. The summed E-state index contributed by atoms with van der Waals surface area (Å²) in [5.74, 6) is 0. The van der Waals surface area contributed by atoms with Crippen LogP contribution in [0.3, 0.4) is 0 Å². The topological polar surface area (TPSA) is 66.0 Å². The molecule has 6 heteroatoms. The van der Waals surface area contributed by atoms with Crippen molar-refractivity contribution in [3.63, 3.8) is 0 Å². The van der Waals surface area contributed by atoms with Crippen molar-refractivity contribution in [1.82, 2.24) is 14.5 Å². The van der Waals surface area contributed by atoms with E-state index >= 15 is 0 Å². The number of fused-ring (bicyclic) bond motifs is 2. The summed E-state index contributed by atoms with van der Waals surface area (Å²) in [5.41, 5.74) is 6.08. The van der Waals surface area contributed by atoms with E-state index in [0.29, 0.717) is 6.54 Å². The van der Waals surface area contributed by atoms with Gasteiger partial charge in [0, 0.05) is 47.6 Å². The number of hydrogen-bond acceptors (Lipinski definition) is 2. The predicted molar refractivity (Wildman–Crippen MR) is 107 cm³/mol. The lowest BCUT2D eigenvalue weighted by molar-refractivity contribution is 0.257. The molecule has 0 saturated carbocycles. The minimum atomic E-state index is -0.106. The lowest BCUT2D eigenvalue weighted by Crippen LogP contribution is -2.33. The zero-order chi connectivity index (χ0) is 18.4. The van der Waals surface area contributed by atoms with Crippen molar-refractivity contribution in [2.24, 2.45) is 7.05 Å². The number of rotatable bonds is 2. The first-order chi connectivity index (χ1) is 13.2. The first kappa shape index (κ1) is 15.7.